The molecule has 0 bridgehead atoms. The zero-order chi connectivity index (χ0) is 52.4. The number of nitrogens with one attached hydrogen (secondary N) is 2. The van der Waals surface area contributed by atoms with Crippen LogP contribution in [0, 0.1) is 0 Å². The van der Waals surface area contributed by atoms with Crippen LogP contribution in [-0.4, -0.2) is 30.8 Å². The molecule has 0 amide bonds. The summed E-state index contributed by atoms with van der Waals surface area (Å²) in [7, 11) is 0. The number of rotatable bonds is 40. The Bertz CT molecular complexity index is 2420. The molecule has 1 heterocycles. The fraction of sp³-hybridized carbons (Fsp3) is 0.569. The molecule has 0 unspecified atom stereocenters. The van der Waals surface area contributed by atoms with Crippen molar-refractivity contribution in [2.75, 3.05) is 23.8 Å². The second kappa shape index (κ2) is 34.8. The number of carbonyl (C=O) groups excluding carboxylic acids is 2. The SMILES string of the molecule is CCCCCCCCCCCCCCCCCCOC(=O)C1(C(=O)OCCCCCCCCCCCCCCCCCC)Nc2cccc3ccc(N=Nc4ccc5ccccc5c4N=Nc4ccccc4)c(c23)N1. The summed E-state index contributed by atoms with van der Waals surface area (Å²) in [6.07, 6.45) is 40.2. The Labute approximate surface area is 451 Å². The van der Waals surface area contributed by atoms with Crippen LogP contribution in [0.5, 0.6) is 0 Å². The molecule has 0 spiro atoms. The third-order valence-corrected chi connectivity index (χ3v) is 14.9. The Morgan fingerprint density at radius 2 is 0.827 bits per heavy atom. The van der Waals surface area contributed by atoms with Crippen molar-refractivity contribution in [3.63, 3.8) is 0 Å². The van der Waals surface area contributed by atoms with Crippen LogP contribution in [0.4, 0.5) is 34.1 Å². The number of azo groups is 2. The Hall–Kier alpha value is -5.64. The average Bonchev–Trinajstić information content (AvgIpc) is 3.44. The van der Waals surface area contributed by atoms with Crippen LogP contribution in [0.15, 0.2) is 118 Å². The maximum absolute atomic E-state index is 14.6. The van der Waals surface area contributed by atoms with E-state index in [1.54, 1.807) is 0 Å². The van der Waals surface area contributed by atoms with Crippen molar-refractivity contribution in [2.24, 2.45) is 20.5 Å². The standard InChI is InChI=1S/C65H92N6O4/c1-3-5-7-9-11-13-15-17-19-21-23-25-27-29-31-38-51-74-63(72)65(64(73)75-52-39-32-30-28-26-24-22-20-18-16-14-12-10-8-6-4-2)66-57-46-40-42-54-48-50-59(62(67-65)60(54)57)70-69-58-49-47-53-41-36-37-45-56(53)61(58)71-68-55-43-34-33-35-44-55/h33-37,40-50,66-67H,3-32,38-39,51-52H2,1-2H3. The summed E-state index contributed by atoms with van der Waals surface area (Å²) in [5, 5.41) is 29.0. The van der Waals surface area contributed by atoms with Gasteiger partial charge in [0.2, 0.25) is 0 Å². The predicted molar refractivity (Wildman–Crippen MR) is 314 cm³/mol. The normalized spacial score (nSPS) is 12.9. The van der Waals surface area contributed by atoms with Gasteiger partial charge in [0.25, 0.3) is 0 Å². The number of hydrogen-bond donors (Lipinski definition) is 2. The van der Waals surface area contributed by atoms with E-state index in [9.17, 15) is 9.59 Å². The van der Waals surface area contributed by atoms with Crippen LogP contribution < -0.4 is 10.6 Å². The van der Waals surface area contributed by atoms with Gasteiger partial charge in [-0.1, -0.05) is 273 Å². The number of anilines is 2. The molecule has 10 nitrogen and oxygen atoms in total. The van der Waals surface area contributed by atoms with Crippen molar-refractivity contribution in [3.05, 3.63) is 97.1 Å². The second-order valence-corrected chi connectivity index (χ2v) is 21.1. The molecule has 75 heavy (non-hydrogen) atoms. The van der Waals surface area contributed by atoms with E-state index in [-0.39, 0.29) is 13.2 Å². The molecule has 0 saturated carbocycles. The molecule has 1 aliphatic heterocycles. The zero-order valence-electron chi connectivity index (χ0n) is 46.2. The maximum atomic E-state index is 14.6. The first-order valence-electron chi connectivity index (χ1n) is 29.9. The lowest BCUT2D eigenvalue weighted by atomic mass is 9.98. The molecule has 10 heteroatoms. The fourth-order valence-electron chi connectivity index (χ4n) is 10.4. The van der Waals surface area contributed by atoms with Gasteiger partial charge in [0.05, 0.1) is 24.6 Å². The molecule has 1 aliphatic rings. The molecule has 406 valence electrons. The first-order chi connectivity index (χ1) is 37.0. The van der Waals surface area contributed by atoms with E-state index < -0.39 is 17.6 Å². The van der Waals surface area contributed by atoms with Crippen LogP contribution in [-0.2, 0) is 19.1 Å². The van der Waals surface area contributed by atoms with Gasteiger partial charge in [0.1, 0.15) is 17.1 Å². The van der Waals surface area contributed by atoms with E-state index in [4.69, 9.17) is 24.8 Å². The smallest absolute Gasteiger partial charge is 0.365 e. The van der Waals surface area contributed by atoms with Crippen LogP contribution in [0.1, 0.15) is 219 Å². The number of benzene rings is 5. The number of hydrogen-bond acceptors (Lipinski definition) is 10. The summed E-state index contributed by atoms with van der Waals surface area (Å²) in [5.41, 5.74) is 1.29. The van der Waals surface area contributed by atoms with E-state index in [0.29, 0.717) is 28.4 Å². The molecule has 5 aromatic rings. The monoisotopic (exact) mass is 1020 g/mol. The third-order valence-electron chi connectivity index (χ3n) is 14.9. The quantitative estimate of drug-likeness (QED) is 0.0174. The Balaban J connectivity index is 1.06. The number of unbranched alkanes of at least 4 members (excludes halogenated alkanes) is 30. The predicted octanol–water partition coefficient (Wildman–Crippen LogP) is 21.0. The molecule has 0 saturated heterocycles. The summed E-state index contributed by atoms with van der Waals surface area (Å²) in [4.78, 5) is 29.1. The Morgan fingerprint density at radius 1 is 0.400 bits per heavy atom. The lowest BCUT2D eigenvalue weighted by Crippen LogP contribution is -2.62. The van der Waals surface area contributed by atoms with Gasteiger partial charge in [-0.25, -0.2) is 9.59 Å². The third kappa shape index (κ3) is 19.8. The van der Waals surface area contributed by atoms with Crippen molar-refractivity contribution in [2.45, 2.75) is 225 Å². The Kier molecular flexibility index (Phi) is 27.2. The van der Waals surface area contributed by atoms with Gasteiger partial charge in [-0.05, 0) is 53.9 Å². The lowest BCUT2D eigenvalue weighted by Gasteiger charge is -2.37. The number of carbonyl (C=O) groups is 2. The van der Waals surface area contributed by atoms with Gasteiger partial charge in [-0.15, -0.1) is 15.3 Å². The summed E-state index contributed by atoms with van der Waals surface area (Å²) >= 11 is 0. The minimum atomic E-state index is -2.05. The summed E-state index contributed by atoms with van der Waals surface area (Å²) < 4.78 is 12.0. The van der Waals surface area contributed by atoms with E-state index in [1.807, 2.05) is 97.1 Å². The molecule has 5 aromatic carbocycles. The fourth-order valence-corrected chi connectivity index (χ4v) is 10.4. The minimum Gasteiger partial charge on any atom is -0.462 e. The lowest BCUT2D eigenvalue weighted by molar-refractivity contribution is -0.161. The number of esters is 2. The first kappa shape index (κ1) is 58.6. The first-order valence-corrected chi connectivity index (χ1v) is 29.9. The summed E-state index contributed by atoms with van der Waals surface area (Å²) in [5.74, 6) is -1.46. The summed E-state index contributed by atoms with van der Waals surface area (Å²) in [6, 6.07) is 31.1. The van der Waals surface area contributed by atoms with Gasteiger partial charge in [-0.2, -0.15) is 5.11 Å². The van der Waals surface area contributed by atoms with Gasteiger partial charge in [0.15, 0.2) is 0 Å². The molecule has 0 aliphatic carbocycles. The highest BCUT2D eigenvalue weighted by molar-refractivity contribution is 6.18. The van der Waals surface area contributed by atoms with Crippen LogP contribution in [0.25, 0.3) is 21.5 Å². The van der Waals surface area contributed by atoms with Crippen molar-refractivity contribution < 1.29 is 19.1 Å². The van der Waals surface area contributed by atoms with Gasteiger partial charge in [0, 0.05) is 16.5 Å². The van der Waals surface area contributed by atoms with Crippen molar-refractivity contribution in [1.82, 2.24) is 0 Å². The highest BCUT2D eigenvalue weighted by Crippen LogP contribution is 2.46. The van der Waals surface area contributed by atoms with Gasteiger partial charge >= 0.3 is 17.6 Å². The average molecular weight is 1020 g/mol. The summed E-state index contributed by atoms with van der Waals surface area (Å²) in [6.45, 7) is 4.96. The van der Waals surface area contributed by atoms with Gasteiger partial charge in [-0.3, -0.25) is 0 Å². The number of ether oxygens (including phenoxy) is 2. The highest BCUT2D eigenvalue weighted by atomic mass is 16.6. The maximum Gasteiger partial charge on any atom is 0.365 e. The van der Waals surface area contributed by atoms with E-state index >= 15 is 0 Å². The zero-order valence-corrected chi connectivity index (χ0v) is 46.2. The second-order valence-electron chi connectivity index (χ2n) is 21.1. The van der Waals surface area contributed by atoms with Gasteiger partial charge < -0.3 is 20.1 Å². The molecule has 0 aromatic heterocycles. The van der Waals surface area contributed by atoms with Crippen LogP contribution >= 0.6 is 0 Å². The number of fused-ring (bicyclic) bond motifs is 1. The van der Waals surface area contributed by atoms with Crippen molar-refractivity contribution in [1.29, 1.82) is 0 Å². The molecule has 0 atom stereocenters. The van der Waals surface area contributed by atoms with E-state index in [2.05, 4.69) is 29.6 Å². The largest absolute Gasteiger partial charge is 0.462 e. The molecule has 0 radical (unpaired) electrons. The minimum absolute atomic E-state index is 0.204. The van der Waals surface area contributed by atoms with Crippen LogP contribution in [0.3, 0.4) is 0 Å². The van der Waals surface area contributed by atoms with Crippen LogP contribution in [0.2, 0.25) is 0 Å². The topological polar surface area (TPSA) is 126 Å². The molecule has 6 rings (SSSR count). The van der Waals surface area contributed by atoms with Crippen molar-refractivity contribution >= 4 is 67.6 Å². The highest BCUT2D eigenvalue weighted by Gasteiger charge is 2.52. The molecule has 0 fully saturated rings. The van der Waals surface area contributed by atoms with Crippen molar-refractivity contribution in [3.8, 4) is 0 Å². The van der Waals surface area contributed by atoms with E-state index in [0.717, 1.165) is 65.8 Å². The molecular weight excluding hydrogens is 929 g/mol. The molecule has 2 N–H and O–H groups in total. The molecular formula is C65H92N6O4. The number of nitrogens with zero attached hydrogens (tertiary/aromatic N) is 4. The van der Waals surface area contributed by atoms with E-state index in [1.165, 1.54) is 167 Å². The Morgan fingerprint density at radius 3 is 1.35 bits per heavy atom.